The zero-order valence-electron chi connectivity index (χ0n) is 37.1. The molecule has 10 aromatic carbocycles. The quantitative estimate of drug-likeness (QED) is 0.153. The van der Waals surface area contributed by atoms with Crippen LogP contribution < -0.4 is 0 Å². The Labute approximate surface area is 395 Å². The van der Waals surface area contributed by atoms with Crippen LogP contribution in [0.5, 0.6) is 0 Å². The highest BCUT2D eigenvalue weighted by Gasteiger charge is 2.46. The maximum Gasteiger partial charge on any atom is 0.160 e. The van der Waals surface area contributed by atoms with Crippen molar-refractivity contribution in [3.05, 3.63) is 277 Å². The van der Waals surface area contributed by atoms with E-state index >= 15 is 0 Å². The van der Waals surface area contributed by atoms with Gasteiger partial charge in [-0.25, -0.2) is 9.97 Å². The fourth-order valence-electron chi connectivity index (χ4n) is 10.7. The molecule has 68 heavy (non-hydrogen) atoms. The first-order valence-electron chi connectivity index (χ1n) is 23.2. The normalized spacial score (nSPS) is 12.5. The van der Waals surface area contributed by atoms with Crippen molar-refractivity contribution in [1.82, 2.24) is 9.97 Å². The van der Waals surface area contributed by atoms with E-state index in [4.69, 9.17) is 14.4 Å². The van der Waals surface area contributed by atoms with Crippen LogP contribution >= 0.6 is 0 Å². The lowest BCUT2D eigenvalue weighted by Crippen LogP contribution is -2.28. The third kappa shape index (κ3) is 6.43. The molecule has 0 N–H and O–H groups in total. The first-order chi connectivity index (χ1) is 33.7. The second-order valence-electron chi connectivity index (χ2n) is 17.6. The summed E-state index contributed by atoms with van der Waals surface area (Å²) in [4.78, 5) is 10.6. The summed E-state index contributed by atoms with van der Waals surface area (Å²) in [5.41, 5.74) is 20.2. The van der Waals surface area contributed by atoms with Crippen LogP contribution in [0.15, 0.2) is 259 Å². The molecule has 0 unspecified atom stereocenters. The lowest BCUT2D eigenvalue weighted by molar-refractivity contribution is 0.670. The van der Waals surface area contributed by atoms with Crippen molar-refractivity contribution >= 4 is 21.9 Å². The van der Waals surface area contributed by atoms with Crippen LogP contribution in [0, 0.1) is 0 Å². The topological polar surface area (TPSA) is 38.9 Å². The molecule has 1 aliphatic carbocycles. The van der Waals surface area contributed by atoms with Gasteiger partial charge in [0, 0.05) is 33.0 Å². The van der Waals surface area contributed by atoms with Crippen molar-refractivity contribution in [2.45, 2.75) is 5.41 Å². The molecule has 1 aliphatic rings. The van der Waals surface area contributed by atoms with Crippen LogP contribution in [-0.2, 0) is 5.41 Å². The highest BCUT2D eigenvalue weighted by atomic mass is 16.3. The predicted molar refractivity (Wildman–Crippen MR) is 279 cm³/mol. The molecule has 0 atom stereocenters. The molecular formula is C65H42N2O. The number of para-hydroxylation sites is 2. The van der Waals surface area contributed by atoms with Crippen LogP contribution in [-0.4, -0.2) is 9.97 Å². The maximum absolute atomic E-state index is 6.44. The molecule has 0 saturated heterocycles. The Morgan fingerprint density at radius 3 is 1.56 bits per heavy atom. The maximum atomic E-state index is 6.44. The van der Waals surface area contributed by atoms with Gasteiger partial charge >= 0.3 is 0 Å². The smallest absolute Gasteiger partial charge is 0.160 e. The van der Waals surface area contributed by atoms with Gasteiger partial charge in [0.1, 0.15) is 11.2 Å². The van der Waals surface area contributed by atoms with E-state index in [1.807, 2.05) is 30.3 Å². The highest BCUT2D eigenvalue weighted by Crippen LogP contribution is 2.58. The zero-order valence-corrected chi connectivity index (χ0v) is 37.1. The molecule has 0 aliphatic heterocycles. The Hall–Kier alpha value is -8.92. The summed E-state index contributed by atoms with van der Waals surface area (Å²) in [6, 6.07) is 91.3. The summed E-state index contributed by atoms with van der Waals surface area (Å²) in [5, 5.41) is 2.24. The van der Waals surface area contributed by atoms with E-state index in [2.05, 4.69) is 224 Å². The van der Waals surface area contributed by atoms with E-state index in [1.165, 1.54) is 38.9 Å². The van der Waals surface area contributed by atoms with Gasteiger partial charge in [0.2, 0.25) is 0 Å². The molecule has 2 aromatic heterocycles. The van der Waals surface area contributed by atoms with Gasteiger partial charge in [-0.05, 0) is 91.5 Å². The van der Waals surface area contributed by atoms with Crippen molar-refractivity contribution in [3.8, 4) is 78.4 Å². The molecule has 318 valence electrons. The monoisotopic (exact) mass is 866 g/mol. The summed E-state index contributed by atoms with van der Waals surface area (Å²) in [6.45, 7) is 0. The standard InChI is InChI=1S/C65H42N2O/c1-5-19-43(20-6-1)47-39-48(52-29-18-33-58-62(52)56-28-13-15-32-57(56)65(58,50-23-9-3-10-24-50)51-25-11-4-12-26-51)41-49(40-47)60-42-59(66-64(67-60)46-21-7-2-8-22-46)45-37-35-44(36-38-45)53-30-17-31-55-54-27-14-16-34-61(54)68-63(53)55/h1-42H. The molecule has 0 fully saturated rings. The Morgan fingerprint density at radius 1 is 0.309 bits per heavy atom. The molecule has 13 rings (SSSR count). The highest BCUT2D eigenvalue weighted by molar-refractivity contribution is 6.09. The number of benzene rings is 10. The number of hydrogen-bond acceptors (Lipinski definition) is 3. The van der Waals surface area contributed by atoms with Gasteiger partial charge in [0.05, 0.1) is 16.8 Å². The van der Waals surface area contributed by atoms with Gasteiger partial charge in [-0.2, -0.15) is 0 Å². The van der Waals surface area contributed by atoms with Crippen LogP contribution in [0.2, 0.25) is 0 Å². The number of furan rings is 1. The molecule has 3 nitrogen and oxygen atoms in total. The first-order valence-corrected chi connectivity index (χ1v) is 23.2. The third-order valence-electron chi connectivity index (χ3n) is 13.8. The summed E-state index contributed by atoms with van der Waals surface area (Å²) in [6.07, 6.45) is 0. The minimum Gasteiger partial charge on any atom is -0.455 e. The van der Waals surface area contributed by atoms with E-state index in [0.717, 1.165) is 77.8 Å². The third-order valence-corrected chi connectivity index (χ3v) is 13.8. The average Bonchev–Trinajstić information content (AvgIpc) is 3.96. The minimum atomic E-state index is -0.509. The summed E-state index contributed by atoms with van der Waals surface area (Å²) >= 11 is 0. The van der Waals surface area contributed by atoms with Gasteiger partial charge in [-0.1, -0.05) is 224 Å². The summed E-state index contributed by atoms with van der Waals surface area (Å²) in [7, 11) is 0. The molecule has 0 amide bonds. The van der Waals surface area contributed by atoms with Gasteiger partial charge in [-0.15, -0.1) is 0 Å². The second kappa shape index (κ2) is 16.2. The van der Waals surface area contributed by atoms with E-state index in [9.17, 15) is 0 Å². The number of hydrogen-bond donors (Lipinski definition) is 0. The zero-order chi connectivity index (χ0) is 45.0. The molecular weight excluding hydrogens is 825 g/mol. The average molecular weight is 867 g/mol. The molecule has 0 spiro atoms. The van der Waals surface area contributed by atoms with Crippen LogP contribution in [0.1, 0.15) is 22.3 Å². The SMILES string of the molecule is c1ccc(-c2cc(-c3cc(-c4ccc(-c5cccc6c5oc5ccccc56)cc4)nc(-c4ccccc4)n3)cc(-c3cccc4c3-c3ccccc3C4(c3ccccc3)c3ccccc3)c2)cc1. The van der Waals surface area contributed by atoms with Crippen LogP contribution in [0.3, 0.4) is 0 Å². The molecule has 0 bridgehead atoms. The number of rotatable bonds is 8. The minimum absolute atomic E-state index is 0.509. The van der Waals surface area contributed by atoms with Gasteiger partial charge in [-0.3, -0.25) is 0 Å². The number of aromatic nitrogens is 2. The predicted octanol–water partition coefficient (Wildman–Crippen LogP) is 16.7. The van der Waals surface area contributed by atoms with Crippen molar-refractivity contribution in [3.63, 3.8) is 0 Å². The number of nitrogens with zero attached hydrogens (tertiary/aromatic N) is 2. The Balaban J connectivity index is 1.00. The fraction of sp³-hybridized carbons (Fsp3) is 0.0154. The Morgan fingerprint density at radius 2 is 0.824 bits per heavy atom. The van der Waals surface area contributed by atoms with E-state index in [1.54, 1.807) is 0 Å². The van der Waals surface area contributed by atoms with E-state index in [-0.39, 0.29) is 0 Å². The largest absolute Gasteiger partial charge is 0.455 e. The van der Waals surface area contributed by atoms with E-state index < -0.39 is 5.41 Å². The van der Waals surface area contributed by atoms with Gasteiger partial charge in [0.25, 0.3) is 0 Å². The summed E-state index contributed by atoms with van der Waals surface area (Å²) < 4.78 is 6.44. The van der Waals surface area contributed by atoms with Crippen molar-refractivity contribution in [2.24, 2.45) is 0 Å². The molecule has 3 heteroatoms. The molecule has 12 aromatic rings. The Kier molecular flexibility index (Phi) is 9.40. The van der Waals surface area contributed by atoms with Crippen molar-refractivity contribution < 1.29 is 4.42 Å². The van der Waals surface area contributed by atoms with Gasteiger partial charge < -0.3 is 4.42 Å². The molecule has 2 heterocycles. The molecule has 0 saturated carbocycles. The lowest BCUT2D eigenvalue weighted by Gasteiger charge is -2.34. The van der Waals surface area contributed by atoms with Crippen molar-refractivity contribution in [1.29, 1.82) is 0 Å². The lowest BCUT2D eigenvalue weighted by atomic mass is 9.67. The fourth-order valence-corrected chi connectivity index (χ4v) is 10.7. The number of fused-ring (bicyclic) bond motifs is 6. The van der Waals surface area contributed by atoms with Gasteiger partial charge in [0.15, 0.2) is 5.82 Å². The van der Waals surface area contributed by atoms with Crippen LogP contribution in [0.4, 0.5) is 0 Å². The first kappa shape index (κ1) is 39.4. The van der Waals surface area contributed by atoms with Crippen molar-refractivity contribution in [2.75, 3.05) is 0 Å². The van der Waals surface area contributed by atoms with Crippen LogP contribution in [0.25, 0.3) is 100 Å². The second-order valence-corrected chi connectivity index (χ2v) is 17.6. The Bertz CT molecular complexity index is 3780. The van der Waals surface area contributed by atoms with E-state index in [0.29, 0.717) is 5.82 Å². The molecule has 0 radical (unpaired) electrons. The summed E-state index contributed by atoms with van der Waals surface area (Å²) in [5.74, 6) is 0.672.